The van der Waals surface area contributed by atoms with E-state index in [9.17, 15) is 9.59 Å². The Hall–Kier alpha value is -2.56. The number of benzene rings is 1. The van der Waals surface area contributed by atoms with Gasteiger partial charge in [-0.15, -0.1) is 0 Å². The number of nitrogens with one attached hydrogen (secondary N) is 1. The molecule has 0 fully saturated rings. The molecule has 3 rings (SSSR count). The lowest BCUT2D eigenvalue weighted by Gasteiger charge is -2.26. The molecule has 0 bridgehead atoms. The maximum absolute atomic E-state index is 12.4. The van der Waals surface area contributed by atoms with Crippen molar-refractivity contribution < 1.29 is 13.9 Å². The van der Waals surface area contributed by atoms with Gasteiger partial charge in [-0.1, -0.05) is 6.07 Å². The highest BCUT2D eigenvalue weighted by Crippen LogP contribution is 2.32. The lowest BCUT2D eigenvalue weighted by atomic mass is 9.87. The second kappa shape index (κ2) is 6.28. The number of carbonyl (C=O) groups excluding carboxylic acids is 1. The minimum atomic E-state index is -0.362. The second-order valence-corrected chi connectivity index (χ2v) is 5.75. The van der Waals surface area contributed by atoms with Gasteiger partial charge in [0.05, 0.1) is 13.2 Å². The van der Waals surface area contributed by atoms with Gasteiger partial charge in [0.1, 0.15) is 11.5 Å². The summed E-state index contributed by atoms with van der Waals surface area (Å²) in [5, 5.41) is 2.97. The quantitative estimate of drug-likeness (QED) is 0.946. The Labute approximate surface area is 134 Å². The highest BCUT2D eigenvalue weighted by atomic mass is 16.5. The van der Waals surface area contributed by atoms with Crippen molar-refractivity contribution in [1.82, 2.24) is 5.32 Å². The molecule has 23 heavy (non-hydrogen) atoms. The molecular formula is C18H19NO4. The minimum absolute atomic E-state index is 0.0515. The summed E-state index contributed by atoms with van der Waals surface area (Å²) >= 11 is 0. The first-order valence-corrected chi connectivity index (χ1v) is 7.66. The fourth-order valence-corrected chi connectivity index (χ4v) is 3.01. The van der Waals surface area contributed by atoms with E-state index in [2.05, 4.69) is 5.32 Å². The number of amides is 1. The van der Waals surface area contributed by atoms with E-state index >= 15 is 0 Å². The molecule has 0 saturated carbocycles. The number of carbonyl (C=O) groups is 1. The summed E-state index contributed by atoms with van der Waals surface area (Å²) in [5.74, 6) is 0.937. The van der Waals surface area contributed by atoms with Gasteiger partial charge < -0.3 is 14.5 Å². The maximum Gasteiger partial charge on any atom is 0.287 e. The molecule has 1 unspecified atom stereocenters. The van der Waals surface area contributed by atoms with Crippen molar-refractivity contribution in [3.05, 3.63) is 63.2 Å². The average Bonchev–Trinajstić information content (AvgIpc) is 2.53. The van der Waals surface area contributed by atoms with Gasteiger partial charge in [-0.3, -0.25) is 9.59 Å². The first-order valence-electron chi connectivity index (χ1n) is 7.66. The number of aryl methyl sites for hydroxylation is 2. The number of hydrogen-bond acceptors (Lipinski definition) is 4. The lowest BCUT2D eigenvalue weighted by Crippen LogP contribution is -2.31. The van der Waals surface area contributed by atoms with E-state index < -0.39 is 0 Å². The molecule has 0 radical (unpaired) electrons. The number of hydrogen-bond donors (Lipinski definition) is 1. The molecule has 1 aliphatic carbocycles. The van der Waals surface area contributed by atoms with Crippen LogP contribution in [0.3, 0.4) is 0 Å². The average molecular weight is 313 g/mol. The van der Waals surface area contributed by atoms with E-state index in [1.807, 2.05) is 18.2 Å². The molecule has 120 valence electrons. The van der Waals surface area contributed by atoms with Crippen LogP contribution >= 0.6 is 0 Å². The zero-order valence-electron chi connectivity index (χ0n) is 13.2. The van der Waals surface area contributed by atoms with Gasteiger partial charge in [0.25, 0.3) is 5.91 Å². The number of rotatable bonds is 3. The van der Waals surface area contributed by atoms with Crippen LogP contribution in [0.15, 0.2) is 39.5 Å². The molecule has 1 aromatic heterocycles. The first-order chi connectivity index (χ1) is 11.1. The molecule has 5 heteroatoms. The van der Waals surface area contributed by atoms with Gasteiger partial charge in [-0.25, -0.2) is 0 Å². The minimum Gasteiger partial charge on any atom is -0.497 e. The summed E-state index contributed by atoms with van der Waals surface area (Å²) in [6.45, 7) is 1.65. The van der Waals surface area contributed by atoms with Crippen LogP contribution in [-0.2, 0) is 6.42 Å². The summed E-state index contributed by atoms with van der Waals surface area (Å²) in [4.78, 5) is 23.9. The van der Waals surface area contributed by atoms with Crippen molar-refractivity contribution in [2.24, 2.45) is 0 Å². The molecule has 1 heterocycles. The summed E-state index contributed by atoms with van der Waals surface area (Å²) in [6, 6.07) is 8.41. The third kappa shape index (κ3) is 3.28. The molecule has 1 atom stereocenters. The molecule has 0 aliphatic heterocycles. The summed E-state index contributed by atoms with van der Waals surface area (Å²) in [6.07, 6.45) is 2.82. The van der Waals surface area contributed by atoms with Crippen molar-refractivity contribution >= 4 is 5.91 Å². The largest absolute Gasteiger partial charge is 0.497 e. The molecule has 5 nitrogen and oxygen atoms in total. The maximum atomic E-state index is 12.4. The monoisotopic (exact) mass is 313 g/mol. The summed E-state index contributed by atoms with van der Waals surface area (Å²) in [5.41, 5.74) is 2.06. The van der Waals surface area contributed by atoms with Crippen molar-refractivity contribution in [1.29, 1.82) is 0 Å². The van der Waals surface area contributed by atoms with E-state index in [0.29, 0.717) is 5.76 Å². The van der Waals surface area contributed by atoms with Crippen LogP contribution in [0.5, 0.6) is 5.75 Å². The number of fused-ring (bicyclic) bond motifs is 1. The molecular weight excluding hydrogens is 294 g/mol. The number of methoxy groups -OCH3 is 1. The van der Waals surface area contributed by atoms with E-state index in [-0.39, 0.29) is 23.1 Å². The van der Waals surface area contributed by atoms with Crippen LogP contribution in [0, 0.1) is 6.92 Å². The normalized spacial score (nSPS) is 16.5. The zero-order valence-corrected chi connectivity index (χ0v) is 13.2. The van der Waals surface area contributed by atoms with Crippen LogP contribution in [0.2, 0.25) is 0 Å². The molecule has 2 aromatic rings. The highest BCUT2D eigenvalue weighted by Gasteiger charge is 2.23. The Morgan fingerprint density at radius 1 is 1.30 bits per heavy atom. The summed E-state index contributed by atoms with van der Waals surface area (Å²) in [7, 11) is 1.64. The van der Waals surface area contributed by atoms with Gasteiger partial charge in [0, 0.05) is 12.1 Å². The predicted octanol–water partition coefficient (Wildman–Crippen LogP) is 2.76. The topological polar surface area (TPSA) is 68.5 Å². The molecule has 0 spiro atoms. The highest BCUT2D eigenvalue weighted by molar-refractivity contribution is 5.91. The third-order valence-corrected chi connectivity index (χ3v) is 4.08. The third-order valence-electron chi connectivity index (χ3n) is 4.08. The smallest absolute Gasteiger partial charge is 0.287 e. The van der Waals surface area contributed by atoms with Crippen molar-refractivity contribution in [2.75, 3.05) is 7.11 Å². The Kier molecular flexibility index (Phi) is 4.19. The predicted molar refractivity (Wildman–Crippen MR) is 85.9 cm³/mol. The Bertz CT molecular complexity index is 794. The summed E-state index contributed by atoms with van der Waals surface area (Å²) < 4.78 is 10.6. The Morgan fingerprint density at radius 3 is 2.87 bits per heavy atom. The van der Waals surface area contributed by atoms with Crippen LogP contribution in [0.4, 0.5) is 0 Å². The van der Waals surface area contributed by atoms with Gasteiger partial charge in [-0.2, -0.15) is 0 Å². The number of ether oxygens (including phenoxy) is 1. The molecule has 1 aliphatic rings. The van der Waals surface area contributed by atoms with Gasteiger partial charge in [-0.05, 0) is 49.4 Å². The molecule has 1 amide bonds. The van der Waals surface area contributed by atoms with Crippen LogP contribution < -0.4 is 15.5 Å². The van der Waals surface area contributed by atoms with E-state index in [1.165, 1.54) is 17.7 Å². The fourth-order valence-electron chi connectivity index (χ4n) is 3.01. The molecule has 0 saturated heterocycles. The van der Waals surface area contributed by atoms with E-state index in [4.69, 9.17) is 9.15 Å². The SMILES string of the molecule is COc1ccc2c(c1)CCCC2NC(=O)c1cc(=O)cc(C)o1. The zero-order chi connectivity index (χ0) is 16.4. The lowest BCUT2D eigenvalue weighted by molar-refractivity contribution is 0.0900. The second-order valence-electron chi connectivity index (χ2n) is 5.75. The molecule has 1 aromatic carbocycles. The van der Waals surface area contributed by atoms with Crippen molar-refractivity contribution in [3.8, 4) is 5.75 Å². The molecule has 1 N–H and O–H groups in total. The first kappa shape index (κ1) is 15.3. The Morgan fingerprint density at radius 2 is 2.13 bits per heavy atom. The van der Waals surface area contributed by atoms with E-state index in [0.717, 1.165) is 30.6 Å². The Balaban J connectivity index is 1.84. The van der Waals surface area contributed by atoms with Crippen LogP contribution in [0.25, 0.3) is 0 Å². The fraction of sp³-hybridized carbons (Fsp3) is 0.333. The van der Waals surface area contributed by atoms with Crippen molar-refractivity contribution in [2.45, 2.75) is 32.2 Å². The van der Waals surface area contributed by atoms with Gasteiger partial charge in [0.2, 0.25) is 0 Å². The van der Waals surface area contributed by atoms with Crippen LogP contribution in [-0.4, -0.2) is 13.0 Å². The van der Waals surface area contributed by atoms with Crippen LogP contribution in [0.1, 0.15) is 46.3 Å². The standard InChI is InChI=1S/C18H19NO4/c1-11-8-13(20)10-17(23-11)18(21)19-16-5-3-4-12-9-14(22-2)6-7-15(12)16/h6-10,16H,3-5H2,1-2H3,(H,19,21). The van der Waals surface area contributed by atoms with Gasteiger partial charge >= 0.3 is 0 Å². The van der Waals surface area contributed by atoms with Gasteiger partial charge in [0.15, 0.2) is 11.2 Å². The van der Waals surface area contributed by atoms with E-state index in [1.54, 1.807) is 14.0 Å². The van der Waals surface area contributed by atoms with Crippen molar-refractivity contribution in [3.63, 3.8) is 0 Å².